The van der Waals surface area contributed by atoms with Crippen molar-refractivity contribution in [3.63, 3.8) is 0 Å². The molecule has 0 radical (unpaired) electrons. The molecule has 0 spiro atoms. The van der Waals surface area contributed by atoms with Crippen LogP contribution >= 0.6 is 11.6 Å². The van der Waals surface area contributed by atoms with Gasteiger partial charge in [-0.1, -0.05) is 18.5 Å². The molecule has 0 saturated carbocycles. The fourth-order valence-electron chi connectivity index (χ4n) is 4.24. The van der Waals surface area contributed by atoms with E-state index in [0.29, 0.717) is 48.1 Å². The molecule has 1 atom stereocenters. The molecule has 0 amide bonds. The first-order chi connectivity index (χ1) is 14.9. The van der Waals surface area contributed by atoms with Gasteiger partial charge in [0.1, 0.15) is 5.82 Å². The van der Waals surface area contributed by atoms with Gasteiger partial charge in [-0.05, 0) is 74.1 Å². The van der Waals surface area contributed by atoms with Crippen LogP contribution in [0.2, 0.25) is 5.02 Å². The van der Waals surface area contributed by atoms with Crippen LogP contribution in [-0.2, 0) is 9.53 Å². The summed E-state index contributed by atoms with van der Waals surface area (Å²) in [4.78, 5) is 13.4. The third kappa shape index (κ3) is 5.89. The van der Waals surface area contributed by atoms with Gasteiger partial charge in [0, 0.05) is 36.5 Å². The third-order valence-electron chi connectivity index (χ3n) is 5.85. The zero-order valence-electron chi connectivity index (χ0n) is 18.0. The predicted octanol–water partition coefficient (Wildman–Crippen LogP) is 6.20. The Bertz CT molecular complexity index is 885. The molecule has 1 saturated heterocycles. The molecule has 5 nitrogen and oxygen atoms in total. The van der Waals surface area contributed by atoms with Crippen LogP contribution in [0, 0.1) is 5.82 Å². The van der Waals surface area contributed by atoms with E-state index in [1.165, 1.54) is 6.07 Å². The SMILES string of the molecule is CCC(CC(=O)O)c1cc(F)c(N(CC)C2CCOCC2)c(Nc2ccc(Cl)cc2)c1. The number of rotatable bonds is 9. The number of halogens is 2. The van der Waals surface area contributed by atoms with Crippen LogP contribution in [0.15, 0.2) is 36.4 Å². The average molecular weight is 449 g/mol. The highest BCUT2D eigenvalue weighted by atomic mass is 35.5. The van der Waals surface area contributed by atoms with Gasteiger partial charge in [0.2, 0.25) is 0 Å². The van der Waals surface area contributed by atoms with Crippen LogP contribution in [0.5, 0.6) is 0 Å². The van der Waals surface area contributed by atoms with Crippen molar-refractivity contribution in [1.29, 1.82) is 0 Å². The Balaban J connectivity index is 2.06. The molecule has 1 aliphatic rings. The van der Waals surface area contributed by atoms with E-state index >= 15 is 4.39 Å². The molecule has 1 fully saturated rings. The number of benzene rings is 2. The summed E-state index contributed by atoms with van der Waals surface area (Å²) < 4.78 is 21.1. The first-order valence-electron chi connectivity index (χ1n) is 10.8. The fourth-order valence-corrected chi connectivity index (χ4v) is 4.36. The number of carboxylic acid groups (broad SMARTS) is 1. The summed E-state index contributed by atoms with van der Waals surface area (Å²) >= 11 is 6.02. The lowest BCUT2D eigenvalue weighted by atomic mass is 9.92. The lowest BCUT2D eigenvalue weighted by Gasteiger charge is -2.37. The van der Waals surface area contributed by atoms with Crippen LogP contribution in [-0.4, -0.2) is 36.9 Å². The molecular weight excluding hydrogens is 419 g/mol. The number of nitrogens with zero attached hydrogens (tertiary/aromatic N) is 1. The maximum absolute atomic E-state index is 15.6. The predicted molar refractivity (Wildman–Crippen MR) is 123 cm³/mol. The summed E-state index contributed by atoms with van der Waals surface area (Å²) in [5, 5.41) is 13.3. The second-order valence-corrected chi connectivity index (χ2v) is 8.30. The molecule has 3 rings (SSSR count). The van der Waals surface area contributed by atoms with Crippen molar-refractivity contribution in [2.45, 2.75) is 51.5 Å². The topological polar surface area (TPSA) is 61.8 Å². The molecule has 1 heterocycles. The first kappa shape index (κ1) is 23.4. The molecular formula is C24H30ClFN2O3. The molecule has 0 aromatic heterocycles. The van der Waals surface area contributed by atoms with Gasteiger partial charge in [-0.2, -0.15) is 0 Å². The second kappa shape index (κ2) is 10.8. The van der Waals surface area contributed by atoms with E-state index in [1.807, 2.05) is 32.0 Å². The minimum atomic E-state index is -0.888. The highest BCUT2D eigenvalue weighted by Crippen LogP contribution is 2.38. The molecule has 0 bridgehead atoms. The molecule has 0 aliphatic carbocycles. The van der Waals surface area contributed by atoms with Gasteiger partial charge in [0.15, 0.2) is 0 Å². The van der Waals surface area contributed by atoms with Crippen molar-refractivity contribution in [3.8, 4) is 0 Å². The summed E-state index contributed by atoms with van der Waals surface area (Å²) in [6.07, 6.45) is 2.26. The van der Waals surface area contributed by atoms with Crippen LogP contribution in [0.1, 0.15) is 51.0 Å². The average Bonchev–Trinajstić information content (AvgIpc) is 2.76. The van der Waals surface area contributed by atoms with Crippen LogP contribution in [0.3, 0.4) is 0 Å². The highest BCUT2D eigenvalue weighted by molar-refractivity contribution is 6.30. The van der Waals surface area contributed by atoms with Gasteiger partial charge >= 0.3 is 5.97 Å². The van der Waals surface area contributed by atoms with Crippen molar-refractivity contribution in [3.05, 3.63) is 52.8 Å². The molecule has 168 valence electrons. The van der Waals surface area contributed by atoms with Crippen LogP contribution < -0.4 is 10.2 Å². The zero-order chi connectivity index (χ0) is 22.4. The number of anilines is 3. The monoisotopic (exact) mass is 448 g/mol. The van der Waals surface area contributed by atoms with E-state index in [4.69, 9.17) is 16.3 Å². The number of carbonyl (C=O) groups is 1. The summed E-state index contributed by atoms with van der Waals surface area (Å²) in [5.41, 5.74) is 2.62. The lowest BCUT2D eigenvalue weighted by molar-refractivity contribution is -0.137. The summed E-state index contributed by atoms with van der Waals surface area (Å²) in [6.45, 7) is 5.93. The molecule has 31 heavy (non-hydrogen) atoms. The number of nitrogens with one attached hydrogen (secondary N) is 1. The Morgan fingerprint density at radius 3 is 2.52 bits per heavy atom. The lowest BCUT2D eigenvalue weighted by Crippen LogP contribution is -2.40. The van der Waals surface area contributed by atoms with Crippen molar-refractivity contribution >= 4 is 34.6 Å². The first-order valence-corrected chi connectivity index (χ1v) is 11.2. The van der Waals surface area contributed by atoms with E-state index in [0.717, 1.165) is 18.5 Å². The minimum absolute atomic E-state index is 0.0346. The normalized spacial score (nSPS) is 15.5. The maximum Gasteiger partial charge on any atom is 0.303 e. The van der Waals surface area contributed by atoms with Gasteiger partial charge < -0.3 is 20.1 Å². The Morgan fingerprint density at radius 2 is 1.94 bits per heavy atom. The van der Waals surface area contributed by atoms with Gasteiger partial charge in [-0.15, -0.1) is 0 Å². The summed E-state index contributed by atoms with van der Waals surface area (Å²) in [7, 11) is 0. The Kier molecular flexibility index (Phi) is 8.15. The summed E-state index contributed by atoms with van der Waals surface area (Å²) in [5.74, 6) is -1.49. The third-order valence-corrected chi connectivity index (χ3v) is 6.11. The van der Waals surface area contributed by atoms with Gasteiger partial charge in [-0.3, -0.25) is 4.79 Å². The highest BCUT2D eigenvalue weighted by Gasteiger charge is 2.27. The largest absolute Gasteiger partial charge is 0.481 e. The number of aliphatic carboxylic acids is 1. The number of carboxylic acids is 1. The van der Waals surface area contributed by atoms with Crippen LogP contribution in [0.4, 0.5) is 21.5 Å². The maximum atomic E-state index is 15.6. The molecule has 2 aromatic carbocycles. The van der Waals surface area contributed by atoms with E-state index in [1.54, 1.807) is 12.1 Å². The number of hydrogen-bond donors (Lipinski definition) is 2. The Morgan fingerprint density at radius 1 is 1.26 bits per heavy atom. The van der Waals surface area contributed by atoms with Crippen molar-refractivity contribution < 1.29 is 19.0 Å². The van der Waals surface area contributed by atoms with Crippen molar-refractivity contribution in [2.24, 2.45) is 0 Å². The fraction of sp³-hybridized carbons (Fsp3) is 0.458. The van der Waals surface area contributed by atoms with E-state index < -0.39 is 5.97 Å². The molecule has 7 heteroatoms. The Hall–Kier alpha value is -2.31. The van der Waals surface area contributed by atoms with Gasteiger partial charge in [0.05, 0.1) is 17.8 Å². The molecule has 2 N–H and O–H groups in total. The van der Waals surface area contributed by atoms with E-state index in [-0.39, 0.29) is 24.2 Å². The van der Waals surface area contributed by atoms with Crippen molar-refractivity contribution in [2.75, 3.05) is 30.0 Å². The van der Waals surface area contributed by atoms with Gasteiger partial charge in [-0.25, -0.2) is 4.39 Å². The molecule has 2 aromatic rings. The summed E-state index contributed by atoms with van der Waals surface area (Å²) in [6, 6.07) is 10.8. The molecule has 1 unspecified atom stereocenters. The standard InChI is InChI=1S/C24H30ClFN2O3/c1-3-16(15-23(29)30)17-13-21(26)24(28(4-2)20-9-11-31-12-10-20)22(14-17)27-19-7-5-18(25)6-8-19/h5-8,13-14,16,20,27H,3-4,9-12,15H2,1-2H3,(H,29,30). The molecule has 1 aliphatic heterocycles. The van der Waals surface area contributed by atoms with Gasteiger partial charge in [0.25, 0.3) is 0 Å². The smallest absolute Gasteiger partial charge is 0.303 e. The van der Waals surface area contributed by atoms with E-state index in [9.17, 15) is 9.90 Å². The zero-order valence-corrected chi connectivity index (χ0v) is 18.8. The van der Waals surface area contributed by atoms with Crippen molar-refractivity contribution in [1.82, 2.24) is 0 Å². The minimum Gasteiger partial charge on any atom is -0.481 e. The quantitative estimate of drug-likeness (QED) is 0.478. The van der Waals surface area contributed by atoms with E-state index in [2.05, 4.69) is 10.2 Å². The second-order valence-electron chi connectivity index (χ2n) is 7.86. The number of hydrogen-bond acceptors (Lipinski definition) is 4. The Labute approximate surface area is 188 Å². The van der Waals surface area contributed by atoms with Crippen LogP contribution in [0.25, 0.3) is 0 Å². The number of ether oxygens (including phenoxy) is 1.